The van der Waals surface area contributed by atoms with Crippen LogP contribution in [-0.2, 0) is 24.4 Å². The molecule has 0 saturated carbocycles. The molecule has 0 spiro atoms. The molecule has 0 bridgehead atoms. The van der Waals surface area contributed by atoms with Crippen molar-refractivity contribution in [1.29, 1.82) is 0 Å². The van der Waals surface area contributed by atoms with Gasteiger partial charge in [-0.3, -0.25) is 14.3 Å². The number of aryl methyl sites for hydroxylation is 1. The molecular formula is C25H29N5O4. The summed E-state index contributed by atoms with van der Waals surface area (Å²) in [7, 11) is 0. The Morgan fingerprint density at radius 1 is 1.03 bits per heavy atom. The largest absolute Gasteiger partial charge is 0.481 e. The first kappa shape index (κ1) is 23.4. The van der Waals surface area contributed by atoms with Crippen LogP contribution in [0.1, 0.15) is 29.5 Å². The van der Waals surface area contributed by atoms with Crippen LogP contribution in [0, 0.1) is 6.92 Å². The molecule has 1 unspecified atom stereocenters. The van der Waals surface area contributed by atoms with Crippen LogP contribution in [-0.4, -0.2) is 49.2 Å². The van der Waals surface area contributed by atoms with Crippen molar-refractivity contribution in [2.75, 3.05) is 18.4 Å². The summed E-state index contributed by atoms with van der Waals surface area (Å²) in [6, 6.07) is 18.0. The highest BCUT2D eigenvalue weighted by Gasteiger charge is 2.25. The molecule has 9 nitrogen and oxygen atoms in total. The Morgan fingerprint density at radius 3 is 2.44 bits per heavy atom. The highest BCUT2D eigenvalue weighted by molar-refractivity contribution is 5.66. The average molecular weight is 464 g/mol. The average Bonchev–Trinajstić information content (AvgIpc) is 3.24. The summed E-state index contributed by atoms with van der Waals surface area (Å²) < 4.78 is 2.32. The third kappa shape index (κ3) is 5.79. The number of carboxylic acid groups (broad SMARTS) is 1. The first-order valence-corrected chi connectivity index (χ1v) is 11.4. The molecule has 1 aliphatic rings. The van der Waals surface area contributed by atoms with Crippen molar-refractivity contribution in [3.63, 3.8) is 0 Å². The molecule has 34 heavy (non-hydrogen) atoms. The summed E-state index contributed by atoms with van der Waals surface area (Å²) in [5.74, 6) is -0.864. The molecule has 1 aromatic heterocycles. The molecule has 0 aliphatic carbocycles. The van der Waals surface area contributed by atoms with Crippen molar-refractivity contribution in [3.05, 3.63) is 92.3 Å². The fourth-order valence-corrected chi connectivity index (χ4v) is 4.18. The lowest BCUT2D eigenvalue weighted by Crippen LogP contribution is -2.44. The van der Waals surface area contributed by atoms with Gasteiger partial charge in [-0.05, 0) is 24.5 Å². The molecule has 9 heteroatoms. The van der Waals surface area contributed by atoms with Crippen molar-refractivity contribution >= 4 is 11.9 Å². The van der Waals surface area contributed by atoms with Gasteiger partial charge in [0, 0.05) is 32.2 Å². The standard InChI is InChI=1S/C25H29N5O4/c1-18-7-9-20(10-8-18)16-30-23(27-24(33)29(25(30)34)14-12-22(31)32)26-21-11-13-28(17-21)15-19-5-3-2-4-6-19/h2-10,21H,11-17H2,1H3,(H,31,32)(H,26,27,33). The number of likely N-dealkylation sites (tertiary alicyclic amines) is 1. The number of aromatic nitrogens is 3. The molecule has 4 rings (SSSR count). The molecule has 2 aromatic carbocycles. The first-order valence-electron chi connectivity index (χ1n) is 11.4. The molecule has 2 N–H and O–H groups in total. The lowest BCUT2D eigenvalue weighted by atomic mass is 10.1. The summed E-state index contributed by atoms with van der Waals surface area (Å²) in [4.78, 5) is 43.3. The van der Waals surface area contributed by atoms with Crippen molar-refractivity contribution in [2.24, 2.45) is 0 Å². The van der Waals surface area contributed by atoms with Crippen LogP contribution in [0.5, 0.6) is 0 Å². The zero-order chi connectivity index (χ0) is 24.1. The minimum Gasteiger partial charge on any atom is -0.481 e. The number of rotatable bonds is 9. The van der Waals surface area contributed by atoms with Crippen molar-refractivity contribution in [3.8, 4) is 0 Å². The Hall–Kier alpha value is -3.72. The van der Waals surface area contributed by atoms with Crippen LogP contribution < -0.4 is 16.7 Å². The molecule has 1 fully saturated rings. The minimum atomic E-state index is -1.08. The Bertz CT molecular complexity index is 1250. The summed E-state index contributed by atoms with van der Waals surface area (Å²) in [6.07, 6.45) is 0.528. The zero-order valence-electron chi connectivity index (χ0n) is 19.2. The Kier molecular flexibility index (Phi) is 7.22. The molecule has 1 atom stereocenters. The van der Waals surface area contributed by atoms with Crippen LogP contribution >= 0.6 is 0 Å². The smallest absolute Gasteiger partial charge is 0.354 e. The number of benzene rings is 2. The quantitative estimate of drug-likeness (QED) is 0.499. The topological polar surface area (TPSA) is 109 Å². The summed E-state index contributed by atoms with van der Waals surface area (Å²) in [5.41, 5.74) is 1.91. The van der Waals surface area contributed by atoms with E-state index >= 15 is 0 Å². The maximum Gasteiger partial charge on any atom is 0.354 e. The fourth-order valence-electron chi connectivity index (χ4n) is 4.18. The predicted octanol–water partition coefficient (Wildman–Crippen LogP) is 1.92. The number of aliphatic carboxylic acids is 1. The van der Waals surface area contributed by atoms with Gasteiger partial charge in [0.15, 0.2) is 0 Å². The molecule has 2 heterocycles. The summed E-state index contributed by atoms with van der Waals surface area (Å²) in [5, 5.41) is 12.3. The summed E-state index contributed by atoms with van der Waals surface area (Å²) >= 11 is 0. The van der Waals surface area contributed by atoms with Gasteiger partial charge >= 0.3 is 17.3 Å². The van der Waals surface area contributed by atoms with E-state index in [1.807, 2.05) is 49.4 Å². The molecule has 1 saturated heterocycles. The molecule has 0 amide bonds. The van der Waals surface area contributed by atoms with Gasteiger partial charge in [0.25, 0.3) is 0 Å². The second-order valence-electron chi connectivity index (χ2n) is 8.72. The minimum absolute atomic E-state index is 0.0362. The SMILES string of the molecule is Cc1ccc(Cn2c(NC3CCN(Cc4ccccc4)C3)nc(=O)n(CCC(=O)O)c2=O)cc1. The second-order valence-corrected chi connectivity index (χ2v) is 8.72. The van der Waals surface area contributed by atoms with Gasteiger partial charge in [-0.1, -0.05) is 60.2 Å². The Balaban J connectivity index is 1.57. The van der Waals surface area contributed by atoms with Crippen molar-refractivity contribution < 1.29 is 9.90 Å². The molecule has 178 valence electrons. The molecule has 1 aliphatic heterocycles. The number of hydrogen-bond acceptors (Lipinski definition) is 6. The van der Waals surface area contributed by atoms with E-state index in [4.69, 9.17) is 5.11 Å². The van der Waals surface area contributed by atoms with Crippen molar-refractivity contribution in [2.45, 2.75) is 45.4 Å². The van der Waals surface area contributed by atoms with E-state index in [1.165, 1.54) is 10.1 Å². The predicted molar refractivity (Wildman–Crippen MR) is 129 cm³/mol. The van der Waals surface area contributed by atoms with E-state index in [0.29, 0.717) is 0 Å². The van der Waals surface area contributed by atoms with Crippen LogP contribution in [0.3, 0.4) is 0 Å². The van der Waals surface area contributed by atoms with Gasteiger partial charge in [0.05, 0.1) is 13.0 Å². The number of nitrogens with zero attached hydrogens (tertiary/aromatic N) is 4. The molecular weight excluding hydrogens is 434 g/mol. The van der Waals surface area contributed by atoms with Gasteiger partial charge in [0.1, 0.15) is 0 Å². The Labute approximate surface area is 197 Å². The highest BCUT2D eigenvalue weighted by Crippen LogP contribution is 2.17. The maximum absolute atomic E-state index is 13.2. The Morgan fingerprint density at radius 2 is 1.74 bits per heavy atom. The third-order valence-corrected chi connectivity index (χ3v) is 6.02. The first-order chi connectivity index (χ1) is 16.4. The van der Waals surface area contributed by atoms with Gasteiger partial charge in [-0.15, -0.1) is 0 Å². The lowest BCUT2D eigenvalue weighted by molar-refractivity contribution is -0.137. The maximum atomic E-state index is 13.2. The number of nitrogens with one attached hydrogen (secondary N) is 1. The molecule has 3 aromatic rings. The highest BCUT2D eigenvalue weighted by atomic mass is 16.4. The van der Waals surface area contributed by atoms with Gasteiger partial charge in [0.2, 0.25) is 5.95 Å². The van der Waals surface area contributed by atoms with E-state index in [2.05, 4.69) is 27.3 Å². The lowest BCUT2D eigenvalue weighted by Gasteiger charge is -2.20. The number of carbonyl (C=O) groups is 1. The van der Waals surface area contributed by atoms with E-state index in [9.17, 15) is 14.4 Å². The van der Waals surface area contributed by atoms with Crippen LogP contribution in [0.4, 0.5) is 5.95 Å². The number of anilines is 1. The second kappa shape index (κ2) is 10.5. The van der Waals surface area contributed by atoms with E-state index in [-0.39, 0.29) is 31.5 Å². The number of carboxylic acids is 1. The number of hydrogen-bond donors (Lipinski definition) is 2. The normalized spacial score (nSPS) is 16.0. The van der Waals surface area contributed by atoms with Crippen LogP contribution in [0.2, 0.25) is 0 Å². The van der Waals surface area contributed by atoms with Crippen LogP contribution in [0.15, 0.2) is 64.2 Å². The van der Waals surface area contributed by atoms with E-state index in [0.717, 1.165) is 41.7 Å². The van der Waals surface area contributed by atoms with Gasteiger partial charge < -0.3 is 10.4 Å². The van der Waals surface area contributed by atoms with Gasteiger partial charge in [-0.2, -0.15) is 4.98 Å². The van der Waals surface area contributed by atoms with Gasteiger partial charge in [-0.25, -0.2) is 14.2 Å². The monoisotopic (exact) mass is 463 g/mol. The zero-order valence-corrected chi connectivity index (χ0v) is 19.2. The fraction of sp³-hybridized carbons (Fsp3) is 0.360. The van der Waals surface area contributed by atoms with Crippen molar-refractivity contribution in [1.82, 2.24) is 19.0 Å². The van der Waals surface area contributed by atoms with E-state index in [1.54, 1.807) is 0 Å². The van der Waals surface area contributed by atoms with E-state index < -0.39 is 17.3 Å². The molecule has 0 radical (unpaired) electrons. The van der Waals surface area contributed by atoms with Crippen LogP contribution in [0.25, 0.3) is 0 Å². The summed E-state index contributed by atoms with van der Waals surface area (Å²) in [6.45, 7) is 4.48. The third-order valence-electron chi connectivity index (χ3n) is 6.02.